The lowest BCUT2D eigenvalue weighted by atomic mass is 10.0. The summed E-state index contributed by atoms with van der Waals surface area (Å²) >= 11 is 0. The van der Waals surface area contributed by atoms with Crippen LogP contribution in [0.4, 0.5) is 0 Å². The SMILES string of the molecule is CCCCCc1cn[nH]c1-c1cccc(S(C)(=O)=O)c1. The van der Waals surface area contributed by atoms with E-state index in [4.69, 9.17) is 0 Å². The zero-order valence-electron chi connectivity index (χ0n) is 11.9. The van der Waals surface area contributed by atoms with Crippen molar-refractivity contribution in [2.24, 2.45) is 0 Å². The van der Waals surface area contributed by atoms with Crippen molar-refractivity contribution in [1.29, 1.82) is 0 Å². The number of rotatable bonds is 6. The van der Waals surface area contributed by atoms with E-state index in [0.717, 1.165) is 29.7 Å². The van der Waals surface area contributed by atoms with Crippen molar-refractivity contribution in [2.45, 2.75) is 37.5 Å². The Hall–Kier alpha value is -1.62. The van der Waals surface area contributed by atoms with Gasteiger partial charge in [0.15, 0.2) is 9.84 Å². The molecule has 0 aliphatic rings. The molecule has 0 aliphatic carbocycles. The third-order valence-corrected chi connectivity index (χ3v) is 4.43. The maximum absolute atomic E-state index is 11.6. The highest BCUT2D eigenvalue weighted by molar-refractivity contribution is 7.90. The minimum Gasteiger partial charge on any atom is -0.278 e. The third-order valence-electron chi connectivity index (χ3n) is 3.32. The van der Waals surface area contributed by atoms with Crippen molar-refractivity contribution in [3.8, 4) is 11.3 Å². The number of nitrogens with one attached hydrogen (secondary N) is 1. The Morgan fingerprint density at radius 1 is 1.25 bits per heavy atom. The van der Waals surface area contributed by atoms with Crippen molar-refractivity contribution in [1.82, 2.24) is 10.2 Å². The molecule has 0 spiro atoms. The van der Waals surface area contributed by atoms with Gasteiger partial charge in [-0.05, 0) is 30.5 Å². The van der Waals surface area contributed by atoms with E-state index in [-0.39, 0.29) is 0 Å². The number of unbranched alkanes of at least 4 members (excludes halogenated alkanes) is 2. The molecule has 0 unspecified atom stereocenters. The quantitative estimate of drug-likeness (QED) is 0.831. The fourth-order valence-corrected chi connectivity index (χ4v) is 2.87. The van der Waals surface area contributed by atoms with E-state index in [1.165, 1.54) is 19.1 Å². The molecule has 0 aliphatic heterocycles. The van der Waals surface area contributed by atoms with Gasteiger partial charge in [0.1, 0.15) is 0 Å². The Kier molecular flexibility index (Phi) is 4.60. The second-order valence-corrected chi connectivity index (χ2v) is 7.04. The van der Waals surface area contributed by atoms with Crippen LogP contribution in [0.3, 0.4) is 0 Å². The molecule has 0 radical (unpaired) electrons. The molecule has 0 saturated carbocycles. The Morgan fingerprint density at radius 2 is 2.05 bits per heavy atom. The Bertz CT molecular complexity index is 675. The number of hydrogen-bond donors (Lipinski definition) is 1. The molecular weight excluding hydrogens is 272 g/mol. The Morgan fingerprint density at radius 3 is 2.75 bits per heavy atom. The Labute approximate surface area is 120 Å². The second-order valence-electron chi connectivity index (χ2n) is 5.03. The van der Waals surface area contributed by atoms with Crippen molar-refractivity contribution >= 4 is 9.84 Å². The van der Waals surface area contributed by atoms with Crippen LogP contribution in [-0.2, 0) is 16.3 Å². The van der Waals surface area contributed by atoms with Crippen LogP contribution in [0.25, 0.3) is 11.3 Å². The van der Waals surface area contributed by atoms with Crippen LogP contribution in [0.15, 0.2) is 35.4 Å². The van der Waals surface area contributed by atoms with E-state index in [0.29, 0.717) is 4.90 Å². The highest BCUT2D eigenvalue weighted by Crippen LogP contribution is 2.25. The standard InChI is InChI=1S/C15H20N2O2S/c1-3-4-5-7-13-11-16-17-15(13)12-8-6-9-14(10-12)20(2,18)19/h6,8-11H,3-5,7H2,1-2H3,(H,16,17). The summed E-state index contributed by atoms with van der Waals surface area (Å²) in [5.41, 5.74) is 2.94. The van der Waals surface area contributed by atoms with Crippen molar-refractivity contribution in [2.75, 3.05) is 6.26 Å². The highest BCUT2D eigenvalue weighted by Gasteiger charge is 2.11. The molecule has 0 amide bonds. The summed E-state index contributed by atoms with van der Waals surface area (Å²) in [5.74, 6) is 0. The number of H-pyrrole nitrogens is 1. The first-order valence-corrected chi connectivity index (χ1v) is 8.74. The number of benzene rings is 1. The molecule has 0 bridgehead atoms. The molecule has 20 heavy (non-hydrogen) atoms. The highest BCUT2D eigenvalue weighted by atomic mass is 32.2. The lowest BCUT2D eigenvalue weighted by Crippen LogP contribution is -1.97. The van der Waals surface area contributed by atoms with E-state index in [9.17, 15) is 8.42 Å². The first-order valence-electron chi connectivity index (χ1n) is 6.85. The number of nitrogens with zero attached hydrogens (tertiary/aromatic N) is 1. The molecule has 1 aromatic heterocycles. The smallest absolute Gasteiger partial charge is 0.175 e. The van der Waals surface area contributed by atoms with Gasteiger partial charge in [-0.25, -0.2) is 8.42 Å². The molecule has 0 saturated heterocycles. The number of sulfone groups is 1. The van der Waals surface area contributed by atoms with Gasteiger partial charge < -0.3 is 0 Å². The molecule has 0 atom stereocenters. The van der Waals surface area contributed by atoms with Gasteiger partial charge in [-0.2, -0.15) is 5.10 Å². The predicted molar refractivity (Wildman–Crippen MR) is 80.4 cm³/mol. The van der Waals surface area contributed by atoms with E-state index in [2.05, 4.69) is 17.1 Å². The third kappa shape index (κ3) is 3.48. The van der Waals surface area contributed by atoms with Crippen LogP contribution in [0.2, 0.25) is 0 Å². The number of hydrogen-bond acceptors (Lipinski definition) is 3. The molecule has 1 aromatic carbocycles. The van der Waals surface area contributed by atoms with Crippen LogP contribution < -0.4 is 0 Å². The average molecular weight is 292 g/mol. The minimum atomic E-state index is -3.18. The first-order chi connectivity index (χ1) is 9.52. The van der Waals surface area contributed by atoms with Crippen LogP contribution in [0, 0.1) is 0 Å². The van der Waals surface area contributed by atoms with Crippen LogP contribution in [-0.4, -0.2) is 24.9 Å². The summed E-state index contributed by atoms with van der Waals surface area (Å²) in [6.45, 7) is 2.17. The first kappa shape index (κ1) is 14.8. The van der Waals surface area contributed by atoms with Gasteiger partial charge in [0.25, 0.3) is 0 Å². The van der Waals surface area contributed by atoms with Crippen molar-refractivity contribution in [3.05, 3.63) is 36.0 Å². The lowest BCUT2D eigenvalue weighted by molar-refractivity contribution is 0.602. The summed E-state index contributed by atoms with van der Waals surface area (Å²) in [7, 11) is -3.18. The van der Waals surface area contributed by atoms with E-state index < -0.39 is 9.84 Å². The molecule has 1 N–H and O–H groups in total. The molecule has 5 heteroatoms. The number of aryl methyl sites for hydroxylation is 1. The molecule has 4 nitrogen and oxygen atoms in total. The van der Waals surface area contributed by atoms with Crippen LogP contribution in [0.1, 0.15) is 31.7 Å². The van der Waals surface area contributed by atoms with Gasteiger partial charge in [0.05, 0.1) is 16.8 Å². The maximum atomic E-state index is 11.6. The summed E-state index contributed by atoms with van der Waals surface area (Å²) < 4.78 is 23.2. The van der Waals surface area contributed by atoms with Crippen molar-refractivity contribution in [3.63, 3.8) is 0 Å². The van der Waals surface area contributed by atoms with Gasteiger partial charge in [-0.3, -0.25) is 5.10 Å². The number of aromatic amines is 1. The van der Waals surface area contributed by atoms with Crippen molar-refractivity contribution < 1.29 is 8.42 Å². The Balaban J connectivity index is 2.30. The van der Waals surface area contributed by atoms with Gasteiger partial charge in [-0.1, -0.05) is 31.9 Å². The van der Waals surface area contributed by atoms with Crippen LogP contribution >= 0.6 is 0 Å². The van der Waals surface area contributed by atoms with E-state index in [1.807, 2.05) is 12.3 Å². The topological polar surface area (TPSA) is 62.8 Å². The minimum absolute atomic E-state index is 0.337. The summed E-state index contributed by atoms with van der Waals surface area (Å²) in [4.78, 5) is 0.337. The predicted octanol–water partition coefficient (Wildman–Crippen LogP) is 3.21. The fourth-order valence-electron chi connectivity index (χ4n) is 2.20. The molecular formula is C15H20N2O2S. The molecule has 1 heterocycles. The maximum Gasteiger partial charge on any atom is 0.175 e. The molecule has 2 aromatic rings. The molecule has 0 fully saturated rings. The molecule has 108 valence electrons. The van der Waals surface area contributed by atoms with E-state index >= 15 is 0 Å². The van der Waals surface area contributed by atoms with Gasteiger partial charge in [0.2, 0.25) is 0 Å². The van der Waals surface area contributed by atoms with Gasteiger partial charge in [-0.15, -0.1) is 0 Å². The average Bonchev–Trinajstić information content (AvgIpc) is 2.87. The zero-order chi connectivity index (χ0) is 14.6. The van der Waals surface area contributed by atoms with Crippen LogP contribution in [0.5, 0.6) is 0 Å². The zero-order valence-corrected chi connectivity index (χ0v) is 12.7. The monoisotopic (exact) mass is 292 g/mol. The molecule has 2 rings (SSSR count). The van der Waals surface area contributed by atoms with Gasteiger partial charge in [0, 0.05) is 11.8 Å². The number of aromatic nitrogens is 2. The summed E-state index contributed by atoms with van der Waals surface area (Å²) in [6.07, 6.45) is 7.50. The lowest BCUT2D eigenvalue weighted by Gasteiger charge is -2.05. The fraction of sp³-hybridized carbons (Fsp3) is 0.400. The summed E-state index contributed by atoms with van der Waals surface area (Å²) in [5, 5.41) is 7.08. The normalized spacial score (nSPS) is 11.7. The summed E-state index contributed by atoms with van der Waals surface area (Å²) in [6, 6.07) is 6.99. The van der Waals surface area contributed by atoms with Gasteiger partial charge >= 0.3 is 0 Å². The largest absolute Gasteiger partial charge is 0.278 e. The van der Waals surface area contributed by atoms with E-state index in [1.54, 1.807) is 18.2 Å². The second kappa shape index (κ2) is 6.22.